The molecule has 2 N–H and O–H groups in total. The molecular weight excluding hydrogens is 514 g/mol. The van der Waals surface area contributed by atoms with E-state index in [4.69, 9.17) is 16.0 Å². The van der Waals surface area contributed by atoms with E-state index in [9.17, 15) is 18.0 Å². The van der Waals surface area contributed by atoms with Crippen molar-refractivity contribution >= 4 is 33.4 Å². The number of nitrogens with zero attached hydrogens (tertiary/aromatic N) is 1. The molecule has 1 fully saturated rings. The largest absolute Gasteiger partial charge is 0.467 e. The molecular formula is C27H30ClN3O5S. The van der Waals surface area contributed by atoms with E-state index in [1.54, 1.807) is 60.4 Å². The van der Waals surface area contributed by atoms with Gasteiger partial charge >= 0.3 is 0 Å². The number of rotatable bonds is 12. The van der Waals surface area contributed by atoms with Gasteiger partial charge in [-0.25, -0.2) is 13.1 Å². The number of benzene rings is 2. The van der Waals surface area contributed by atoms with Crippen LogP contribution in [0, 0.1) is 0 Å². The summed E-state index contributed by atoms with van der Waals surface area (Å²) >= 11 is 6.00. The second-order valence-corrected chi connectivity index (χ2v) is 11.3. The van der Waals surface area contributed by atoms with Crippen LogP contribution in [0.4, 0.5) is 0 Å². The quantitative estimate of drug-likeness (QED) is 0.358. The minimum absolute atomic E-state index is 0.0344. The van der Waals surface area contributed by atoms with Crippen LogP contribution in [0.5, 0.6) is 0 Å². The van der Waals surface area contributed by atoms with Crippen molar-refractivity contribution in [1.82, 2.24) is 14.9 Å². The summed E-state index contributed by atoms with van der Waals surface area (Å²) in [6.45, 7) is 2.16. The van der Waals surface area contributed by atoms with Crippen molar-refractivity contribution in [3.8, 4) is 0 Å². The third-order valence-electron chi connectivity index (χ3n) is 6.21. The summed E-state index contributed by atoms with van der Waals surface area (Å²) in [5.74, 6) is 0.132. The van der Waals surface area contributed by atoms with Crippen LogP contribution in [0.15, 0.2) is 76.2 Å². The van der Waals surface area contributed by atoms with Crippen molar-refractivity contribution in [2.75, 3.05) is 0 Å². The molecule has 1 aromatic heterocycles. The van der Waals surface area contributed by atoms with E-state index in [1.165, 1.54) is 6.26 Å². The highest BCUT2D eigenvalue weighted by Crippen LogP contribution is 2.22. The Morgan fingerprint density at radius 3 is 2.35 bits per heavy atom. The smallest absolute Gasteiger partial charge is 0.242 e. The van der Waals surface area contributed by atoms with Crippen molar-refractivity contribution in [2.45, 2.75) is 62.7 Å². The van der Waals surface area contributed by atoms with Gasteiger partial charge in [-0.05, 0) is 73.7 Å². The van der Waals surface area contributed by atoms with Gasteiger partial charge in [0.25, 0.3) is 0 Å². The SMILES string of the molecule is C[C@@H](C(=O)NCc1ccco1)N(Cc1ccc(Cl)cc1)C(=O)CCc1ccc(S(=O)(=O)NC2CC2)cc1. The summed E-state index contributed by atoms with van der Waals surface area (Å²) in [5.41, 5.74) is 1.68. The molecule has 0 aliphatic heterocycles. The summed E-state index contributed by atoms with van der Waals surface area (Å²) in [7, 11) is -3.52. The number of nitrogens with one attached hydrogen (secondary N) is 2. The maximum Gasteiger partial charge on any atom is 0.242 e. The highest BCUT2D eigenvalue weighted by Gasteiger charge is 2.28. The number of aryl methyl sites for hydroxylation is 1. The summed E-state index contributed by atoms with van der Waals surface area (Å²) in [4.78, 5) is 28.0. The molecule has 1 heterocycles. The first kappa shape index (κ1) is 26.9. The Balaban J connectivity index is 1.41. The molecule has 2 aromatic carbocycles. The fraction of sp³-hybridized carbons (Fsp3) is 0.333. The Labute approximate surface area is 222 Å². The van der Waals surface area contributed by atoms with E-state index < -0.39 is 16.1 Å². The normalized spacial score (nSPS) is 14.2. The van der Waals surface area contributed by atoms with Gasteiger partial charge in [0.05, 0.1) is 17.7 Å². The molecule has 37 heavy (non-hydrogen) atoms. The molecule has 1 aliphatic rings. The topological polar surface area (TPSA) is 109 Å². The van der Waals surface area contributed by atoms with E-state index in [-0.39, 0.29) is 42.3 Å². The van der Waals surface area contributed by atoms with Crippen LogP contribution in [-0.2, 0) is 39.1 Å². The fourth-order valence-electron chi connectivity index (χ4n) is 3.82. The first-order chi connectivity index (χ1) is 17.7. The van der Waals surface area contributed by atoms with E-state index in [1.807, 2.05) is 12.1 Å². The zero-order valence-electron chi connectivity index (χ0n) is 20.5. The van der Waals surface area contributed by atoms with Crippen molar-refractivity contribution < 1.29 is 22.4 Å². The number of sulfonamides is 1. The summed E-state index contributed by atoms with van der Waals surface area (Å²) in [6.07, 6.45) is 3.84. The van der Waals surface area contributed by atoms with Crippen LogP contribution in [0.2, 0.25) is 5.02 Å². The Morgan fingerprint density at radius 1 is 1.05 bits per heavy atom. The van der Waals surface area contributed by atoms with Gasteiger partial charge in [0.15, 0.2) is 0 Å². The van der Waals surface area contributed by atoms with Crippen molar-refractivity contribution in [3.05, 3.63) is 88.8 Å². The Hall–Kier alpha value is -3.14. The van der Waals surface area contributed by atoms with Crippen molar-refractivity contribution in [2.24, 2.45) is 0 Å². The predicted molar refractivity (Wildman–Crippen MR) is 140 cm³/mol. The molecule has 0 spiro atoms. The molecule has 0 saturated heterocycles. The fourth-order valence-corrected chi connectivity index (χ4v) is 5.25. The van der Waals surface area contributed by atoms with Gasteiger partial charge in [-0.15, -0.1) is 0 Å². The number of carbonyl (C=O) groups is 2. The lowest BCUT2D eigenvalue weighted by molar-refractivity contribution is -0.140. The standard InChI is InChI=1S/C27H30ClN3O5S/c1-19(27(33)29-17-24-3-2-16-36-24)31(18-21-4-9-22(28)10-5-21)26(32)15-8-20-6-13-25(14-7-20)37(34,35)30-23-11-12-23/h2-7,9-10,13-14,16,19,23,30H,8,11-12,15,17-18H2,1H3,(H,29,33)/t19-/m0/s1. The molecule has 4 rings (SSSR count). The average Bonchev–Trinajstić information content (AvgIpc) is 3.53. The maximum absolute atomic E-state index is 13.3. The van der Waals surface area contributed by atoms with Crippen LogP contribution in [0.3, 0.4) is 0 Å². The van der Waals surface area contributed by atoms with Crippen molar-refractivity contribution in [3.63, 3.8) is 0 Å². The Morgan fingerprint density at radius 2 is 1.73 bits per heavy atom. The van der Waals surface area contributed by atoms with Gasteiger partial charge in [-0.1, -0.05) is 35.9 Å². The minimum Gasteiger partial charge on any atom is -0.467 e. The third-order valence-corrected chi connectivity index (χ3v) is 8.00. The molecule has 0 unspecified atom stereocenters. The van der Waals surface area contributed by atoms with E-state index in [0.717, 1.165) is 24.0 Å². The van der Waals surface area contributed by atoms with Gasteiger partial charge in [-0.3, -0.25) is 9.59 Å². The lowest BCUT2D eigenvalue weighted by Gasteiger charge is -2.29. The van der Waals surface area contributed by atoms with Crippen molar-refractivity contribution in [1.29, 1.82) is 0 Å². The van der Waals surface area contributed by atoms with Crippen LogP contribution in [-0.4, -0.2) is 37.2 Å². The number of hydrogen-bond acceptors (Lipinski definition) is 5. The number of amides is 2. The summed E-state index contributed by atoms with van der Waals surface area (Å²) in [5, 5.41) is 3.40. The van der Waals surface area contributed by atoms with E-state index in [2.05, 4.69) is 10.0 Å². The lowest BCUT2D eigenvalue weighted by Crippen LogP contribution is -2.47. The highest BCUT2D eigenvalue weighted by atomic mass is 35.5. The van der Waals surface area contributed by atoms with Gasteiger partial charge in [-0.2, -0.15) is 0 Å². The first-order valence-corrected chi connectivity index (χ1v) is 14.0. The monoisotopic (exact) mass is 543 g/mol. The molecule has 1 atom stereocenters. The average molecular weight is 544 g/mol. The molecule has 0 bridgehead atoms. The Kier molecular flexibility index (Phi) is 8.68. The maximum atomic E-state index is 13.3. The predicted octanol–water partition coefficient (Wildman–Crippen LogP) is 4.04. The second-order valence-electron chi connectivity index (χ2n) is 9.16. The van der Waals surface area contributed by atoms with Gasteiger partial charge in [0.2, 0.25) is 21.8 Å². The van der Waals surface area contributed by atoms with Crippen LogP contribution >= 0.6 is 11.6 Å². The second kappa shape index (κ2) is 11.9. The van der Waals surface area contributed by atoms with Gasteiger partial charge in [0.1, 0.15) is 11.8 Å². The number of furan rings is 1. The number of hydrogen-bond donors (Lipinski definition) is 2. The number of carbonyl (C=O) groups excluding carboxylic acids is 2. The van der Waals surface area contributed by atoms with Gasteiger partial charge < -0.3 is 14.6 Å². The van der Waals surface area contributed by atoms with Crippen LogP contribution < -0.4 is 10.0 Å². The van der Waals surface area contributed by atoms with Gasteiger partial charge in [0, 0.05) is 24.0 Å². The zero-order valence-corrected chi connectivity index (χ0v) is 22.1. The molecule has 2 amide bonds. The lowest BCUT2D eigenvalue weighted by atomic mass is 10.1. The van der Waals surface area contributed by atoms with E-state index in [0.29, 0.717) is 17.2 Å². The first-order valence-electron chi connectivity index (χ1n) is 12.2. The Bertz CT molecular complexity index is 1310. The van der Waals surface area contributed by atoms with Crippen LogP contribution in [0.25, 0.3) is 0 Å². The zero-order chi connectivity index (χ0) is 26.4. The third kappa shape index (κ3) is 7.67. The molecule has 1 aliphatic carbocycles. The van der Waals surface area contributed by atoms with E-state index >= 15 is 0 Å². The summed E-state index contributed by atoms with van der Waals surface area (Å²) in [6, 6.07) is 16.5. The molecule has 0 radical (unpaired) electrons. The summed E-state index contributed by atoms with van der Waals surface area (Å²) < 4.78 is 32.7. The molecule has 196 valence electrons. The number of halogens is 1. The molecule has 3 aromatic rings. The van der Waals surface area contributed by atoms with Crippen LogP contribution in [0.1, 0.15) is 43.1 Å². The highest BCUT2D eigenvalue weighted by molar-refractivity contribution is 7.89. The molecule has 10 heteroatoms. The molecule has 8 nitrogen and oxygen atoms in total. The minimum atomic E-state index is -3.52. The molecule has 1 saturated carbocycles.